The molecule has 1 aromatic heterocycles. The smallest absolute Gasteiger partial charge is 0.220 e. The van der Waals surface area contributed by atoms with Crippen LogP contribution in [-0.2, 0) is 17.8 Å². The molecule has 0 saturated heterocycles. The first-order valence-electron chi connectivity index (χ1n) is 9.05. The molecule has 0 spiro atoms. The van der Waals surface area contributed by atoms with Crippen LogP contribution in [0.2, 0.25) is 0 Å². The molecule has 3 aromatic rings. The van der Waals surface area contributed by atoms with Gasteiger partial charge in [0.25, 0.3) is 0 Å². The van der Waals surface area contributed by atoms with Crippen LogP contribution in [0.3, 0.4) is 0 Å². The first-order chi connectivity index (χ1) is 12.1. The predicted octanol–water partition coefficient (Wildman–Crippen LogP) is 4.90. The Kier molecular flexibility index (Phi) is 4.08. The standard InChI is InChI=1S/C22H24N2O/c1-15-11-12-20-19(13-15)18-9-6-10-21(22(18)23-20)24(16(2)25)14-17-7-4-3-5-8-17/h3-5,7-8,11-13,21,23H,6,9-10,14H2,1-2H3/t21-/m1/s1. The van der Waals surface area contributed by atoms with Crippen molar-refractivity contribution in [1.29, 1.82) is 0 Å². The summed E-state index contributed by atoms with van der Waals surface area (Å²) in [4.78, 5) is 18.1. The first-order valence-corrected chi connectivity index (χ1v) is 9.05. The van der Waals surface area contributed by atoms with Crippen molar-refractivity contribution in [3.63, 3.8) is 0 Å². The van der Waals surface area contributed by atoms with Crippen molar-refractivity contribution < 1.29 is 4.79 Å². The Morgan fingerprint density at radius 3 is 2.76 bits per heavy atom. The maximum Gasteiger partial charge on any atom is 0.220 e. The number of aromatic nitrogens is 1. The Balaban J connectivity index is 1.75. The van der Waals surface area contributed by atoms with Gasteiger partial charge in [0.05, 0.1) is 6.04 Å². The SMILES string of the molecule is CC(=O)N(Cc1ccccc1)[C@@H]1CCCc2c1[nH]c1ccc(C)cc21. The highest BCUT2D eigenvalue weighted by Crippen LogP contribution is 2.38. The van der Waals surface area contributed by atoms with E-state index in [1.165, 1.54) is 33.3 Å². The summed E-state index contributed by atoms with van der Waals surface area (Å²) in [6.45, 7) is 4.48. The minimum absolute atomic E-state index is 0.133. The molecule has 3 heteroatoms. The molecule has 1 amide bonds. The molecule has 3 nitrogen and oxygen atoms in total. The van der Waals surface area contributed by atoms with Crippen LogP contribution in [-0.4, -0.2) is 15.8 Å². The summed E-state index contributed by atoms with van der Waals surface area (Å²) in [5, 5.41) is 1.32. The van der Waals surface area contributed by atoms with Gasteiger partial charge in [-0.2, -0.15) is 0 Å². The number of fused-ring (bicyclic) bond motifs is 3. The lowest BCUT2D eigenvalue weighted by molar-refractivity contribution is -0.132. The number of nitrogens with zero attached hydrogens (tertiary/aromatic N) is 1. The van der Waals surface area contributed by atoms with E-state index >= 15 is 0 Å². The zero-order chi connectivity index (χ0) is 17.4. The van der Waals surface area contributed by atoms with E-state index in [0.717, 1.165) is 19.3 Å². The van der Waals surface area contributed by atoms with Gasteiger partial charge < -0.3 is 9.88 Å². The highest BCUT2D eigenvalue weighted by atomic mass is 16.2. The van der Waals surface area contributed by atoms with Crippen LogP contribution >= 0.6 is 0 Å². The normalized spacial score (nSPS) is 16.6. The average Bonchev–Trinajstić information content (AvgIpc) is 2.98. The number of carbonyl (C=O) groups is 1. The van der Waals surface area contributed by atoms with Gasteiger partial charge >= 0.3 is 0 Å². The van der Waals surface area contributed by atoms with E-state index in [9.17, 15) is 4.79 Å². The third-order valence-corrected chi connectivity index (χ3v) is 5.31. The molecule has 1 aliphatic carbocycles. The number of aromatic amines is 1. The van der Waals surface area contributed by atoms with E-state index in [-0.39, 0.29) is 11.9 Å². The zero-order valence-electron chi connectivity index (χ0n) is 14.9. The lowest BCUT2D eigenvalue weighted by Crippen LogP contribution is -2.34. The molecule has 0 bridgehead atoms. The van der Waals surface area contributed by atoms with E-state index in [1.807, 2.05) is 23.1 Å². The fourth-order valence-electron chi connectivity index (χ4n) is 4.09. The molecule has 1 heterocycles. The number of aryl methyl sites for hydroxylation is 2. The van der Waals surface area contributed by atoms with Gasteiger partial charge in [-0.25, -0.2) is 0 Å². The third kappa shape index (κ3) is 2.95. The van der Waals surface area contributed by atoms with Crippen LogP contribution in [0.4, 0.5) is 0 Å². The molecule has 25 heavy (non-hydrogen) atoms. The fourth-order valence-corrected chi connectivity index (χ4v) is 4.09. The summed E-state index contributed by atoms with van der Waals surface area (Å²) >= 11 is 0. The molecule has 0 radical (unpaired) electrons. The second kappa shape index (κ2) is 6.40. The molecule has 0 saturated carbocycles. The fraction of sp³-hybridized carbons (Fsp3) is 0.318. The van der Waals surface area contributed by atoms with Gasteiger partial charge in [0.2, 0.25) is 5.91 Å². The molecule has 1 atom stereocenters. The summed E-state index contributed by atoms with van der Waals surface area (Å²) in [6, 6.07) is 17.0. The Labute approximate surface area is 148 Å². The molecule has 1 N–H and O–H groups in total. The van der Waals surface area contributed by atoms with Gasteiger partial charge in [0, 0.05) is 30.1 Å². The molecular formula is C22H24N2O. The van der Waals surface area contributed by atoms with Crippen molar-refractivity contribution in [2.75, 3.05) is 0 Å². The third-order valence-electron chi connectivity index (χ3n) is 5.31. The summed E-state index contributed by atoms with van der Waals surface area (Å²) in [6.07, 6.45) is 3.23. The minimum atomic E-state index is 0.133. The average molecular weight is 332 g/mol. The maximum atomic E-state index is 12.4. The Hall–Kier alpha value is -2.55. The number of nitrogens with one attached hydrogen (secondary N) is 1. The number of hydrogen-bond donors (Lipinski definition) is 1. The summed E-state index contributed by atoms with van der Waals surface area (Å²) in [7, 11) is 0. The maximum absolute atomic E-state index is 12.4. The second-order valence-electron chi connectivity index (χ2n) is 7.11. The van der Waals surface area contributed by atoms with Crippen LogP contribution in [0.5, 0.6) is 0 Å². The molecule has 1 aliphatic rings. The molecule has 4 rings (SSSR count). The lowest BCUT2D eigenvalue weighted by Gasteiger charge is -2.34. The largest absolute Gasteiger partial charge is 0.356 e. The van der Waals surface area contributed by atoms with Crippen molar-refractivity contribution in [3.8, 4) is 0 Å². The summed E-state index contributed by atoms with van der Waals surface area (Å²) in [5.74, 6) is 0.136. The van der Waals surface area contributed by atoms with Gasteiger partial charge in [-0.3, -0.25) is 4.79 Å². The topological polar surface area (TPSA) is 36.1 Å². The van der Waals surface area contributed by atoms with Gasteiger partial charge in [0.15, 0.2) is 0 Å². The van der Waals surface area contributed by atoms with Crippen molar-refractivity contribution in [2.24, 2.45) is 0 Å². The van der Waals surface area contributed by atoms with E-state index in [1.54, 1.807) is 6.92 Å². The Morgan fingerprint density at radius 2 is 2.00 bits per heavy atom. The summed E-state index contributed by atoms with van der Waals surface area (Å²) < 4.78 is 0. The number of carbonyl (C=O) groups excluding carboxylic acids is 1. The van der Waals surface area contributed by atoms with Crippen LogP contribution in [0, 0.1) is 6.92 Å². The van der Waals surface area contributed by atoms with Crippen molar-refractivity contribution >= 4 is 16.8 Å². The molecule has 0 unspecified atom stereocenters. The Morgan fingerprint density at radius 1 is 1.20 bits per heavy atom. The van der Waals surface area contributed by atoms with Crippen molar-refractivity contribution in [3.05, 3.63) is 70.9 Å². The monoisotopic (exact) mass is 332 g/mol. The van der Waals surface area contributed by atoms with Gasteiger partial charge in [-0.05, 0) is 49.4 Å². The van der Waals surface area contributed by atoms with E-state index < -0.39 is 0 Å². The van der Waals surface area contributed by atoms with Crippen LogP contribution in [0.1, 0.15) is 48.2 Å². The molecular weight excluding hydrogens is 308 g/mol. The Bertz CT molecular complexity index is 910. The molecule has 0 aliphatic heterocycles. The highest BCUT2D eigenvalue weighted by Gasteiger charge is 2.30. The number of amides is 1. The van der Waals surface area contributed by atoms with Crippen LogP contribution in [0.15, 0.2) is 48.5 Å². The van der Waals surface area contributed by atoms with Crippen LogP contribution < -0.4 is 0 Å². The predicted molar refractivity (Wildman–Crippen MR) is 101 cm³/mol. The van der Waals surface area contributed by atoms with Crippen LogP contribution in [0.25, 0.3) is 10.9 Å². The highest BCUT2D eigenvalue weighted by molar-refractivity contribution is 5.86. The number of rotatable bonds is 3. The van der Waals surface area contributed by atoms with Crippen molar-refractivity contribution in [1.82, 2.24) is 9.88 Å². The second-order valence-corrected chi connectivity index (χ2v) is 7.11. The lowest BCUT2D eigenvalue weighted by atomic mass is 9.90. The minimum Gasteiger partial charge on any atom is -0.356 e. The van der Waals surface area contributed by atoms with Gasteiger partial charge in [-0.15, -0.1) is 0 Å². The molecule has 0 fully saturated rings. The van der Waals surface area contributed by atoms with Gasteiger partial charge in [-0.1, -0.05) is 42.0 Å². The first kappa shape index (κ1) is 15.9. The molecule has 128 valence electrons. The number of H-pyrrole nitrogens is 1. The zero-order valence-corrected chi connectivity index (χ0v) is 14.9. The summed E-state index contributed by atoms with van der Waals surface area (Å²) in [5.41, 5.74) is 6.28. The van der Waals surface area contributed by atoms with E-state index in [0.29, 0.717) is 6.54 Å². The molecule has 2 aromatic carbocycles. The van der Waals surface area contributed by atoms with Gasteiger partial charge in [0.1, 0.15) is 0 Å². The number of hydrogen-bond acceptors (Lipinski definition) is 1. The quantitative estimate of drug-likeness (QED) is 0.727. The van der Waals surface area contributed by atoms with Crippen molar-refractivity contribution in [2.45, 2.75) is 45.7 Å². The van der Waals surface area contributed by atoms with E-state index in [4.69, 9.17) is 0 Å². The van der Waals surface area contributed by atoms with E-state index in [2.05, 4.69) is 42.2 Å². The number of benzene rings is 2.